The smallest absolute Gasteiger partial charge is 0.304 e. The number of carbonyl (C=O) groups is 4. The second kappa shape index (κ2) is 11.7. The molecule has 1 N–H and O–H groups in total. The molecule has 40 heavy (non-hydrogen) atoms. The zero-order chi connectivity index (χ0) is 29.2. The van der Waals surface area contributed by atoms with Crippen molar-refractivity contribution in [3.8, 4) is 0 Å². The molecule has 1 fully saturated rings. The summed E-state index contributed by atoms with van der Waals surface area (Å²) in [7, 11) is 0. The summed E-state index contributed by atoms with van der Waals surface area (Å²) in [6.45, 7) is 5.74. The number of esters is 1. The summed E-state index contributed by atoms with van der Waals surface area (Å²) in [5.74, 6) is -5.39. The molecule has 3 atom stereocenters. The average Bonchev–Trinajstić information content (AvgIpc) is 3.26. The molecule has 2 aliphatic heterocycles. The van der Waals surface area contributed by atoms with Gasteiger partial charge in [-0.1, -0.05) is 44.2 Å². The van der Waals surface area contributed by atoms with E-state index in [0.717, 1.165) is 24.6 Å². The minimum Gasteiger partial charge on any atom is -0.481 e. The molecule has 10 heteroatoms. The molecule has 2 aromatic carbocycles. The van der Waals surface area contributed by atoms with Crippen LogP contribution in [0.5, 0.6) is 0 Å². The van der Waals surface area contributed by atoms with Crippen LogP contribution in [0.3, 0.4) is 0 Å². The van der Waals surface area contributed by atoms with Crippen LogP contribution in [0.4, 0.5) is 8.78 Å². The summed E-state index contributed by atoms with van der Waals surface area (Å²) in [6, 6.07) is 11.3. The number of likely N-dealkylation sites (tertiary alicyclic amines) is 1. The van der Waals surface area contributed by atoms with E-state index >= 15 is 0 Å². The van der Waals surface area contributed by atoms with Crippen LogP contribution in [-0.4, -0.2) is 58.3 Å². The molecular weight excluding hydrogens is 522 g/mol. The molecule has 2 aliphatic rings. The van der Waals surface area contributed by atoms with Crippen LogP contribution in [0.1, 0.15) is 67.7 Å². The van der Waals surface area contributed by atoms with E-state index in [1.165, 1.54) is 4.90 Å². The van der Waals surface area contributed by atoms with Crippen molar-refractivity contribution in [3.63, 3.8) is 0 Å². The summed E-state index contributed by atoms with van der Waals surface area (Å²) in [5.41, 5.74) is -0.182. The maximum atomic E-state index is 14.1. The first-order valence-electron chi connectivity index (χ1n) is 13.4. The number of amides is 2. The van der Waals surface area contributed by atoms with E-state index in [1.807, 2.05) is 44.2 Å². The van der Waals surface area contributed by atoms with Gasteiger partial charge in [0, 0.05) is 32.1 Å². The highest BCUT2D eigenvalue weighted by Gasteiger charge is 2.55. The molecule has 0 spiro atoms. The van der Waals surface area contributed by atoms with E-state index in [9.17, 15) is 33.1 Å². The number of carboxylic acids is 1. The number of hydrogen-bond donors (Lipinski definition) is 1. The Bertz CT molecular complexity index is 1300. The molecule has 0 bridgehead atoms. The molecular formula is C30H34F2N2O6. The normalized spacial score (nSPS) is 22.2. The Morgan fingerprint density at radius 3 is 2.40 bits per heavy atom. The zero-order valence-electron chi connectivity index (χ0n) is 22.9. The van der Waals surface area contributed by atoms with E-state index in [2.05, 4.69) is 0 Å². The second-order valence-corrected chi connectivity index (χ2v) is 11.1. The summed E-state index contributed by atoms with van der Waals surface area (Å²) < 4.78 is 33.4. The predicted molar refractivity (Wildman–Crippen MR) is 141 cm³/mol. The Labute approximate surface area is 231 Å². The van der Waals surface area contributed by atoms with Crippen molar-refractivity contribution in [2.75, 3.05) is 19.6 Å². The Hall–Kier alpha value is -3.82. The van der Waals surface area contributed by atoms with Gasteiger partial charge in [-0.15, -0.1) is 0 Å². The van der Waals surface area contributed by atoms with Crippen molar-refractivity contribution < 1.29 is 37.8 Å². The number of carbonyl (C=O) groups excluding carboxylic acids is 3. The van der Waals surface area contributed by atoms with Gasteiger partial charge in [0.15, 0.2) is 11.6 Å². The Morgan fingerprint density at radius 1 is 1.10 bits per heavy atom. The first-order valence-corrected chi connectivity index (χ1v) is 13.4. The van der Waals surface area contributed by atoms with E-state index in [-0.39, 0.29) is 42.3 Å². The van der Waals surface area contributed by atoms with Gasteiger partial charge in [0.1, 0.15) is 0 Å². The Balaban J connectivity index is 1.61. The summed E-state index contributed by atoms with van der Waals surface area (Å²) in [6.07, 6.45) is -0.414. The highest BCUT2D eigenvalue weighted by Crippen LogP contribution is 2.48. The van der Waals surface area contributed by atoms with Crippen LogP contribution in [0.25, 0.3) is 0 Å². The molecule has 0 aliphatic carbocycles. The van der Waals surface area contributed by atoms with Gasteiger partial charge in [-0.2, -0.15) is 0 Å². The molecule has 2 heterocycles. The fourth-order valence-corrected chi connectivity index (χ4v) is 6.21. The Morgan fingerprint density at radius 2 is 1.77 bits per heavy atom. The SMILES string of the molecule is CC(=O)OC1c2cc(F)c(F)cc2C(=O)N1CCC1CN(CCc2ccccc2)C(=O)C1(CC(=O)O)CC(C)C. The van der Waals surface area contributed by atoms with E-state index in [4.69, 9.17) is 4.74 Å². The molecule has 4 rings (SSSR count). The number of benzene rings is 2. The molecule has 0 radical (unpaired) electrons. The standard InChI is InChI=1S/C30H34F2N2O6/c1-18(2)15-30(16-26(36)37)21(17-33(29(30)39)11-9-20-7-5-4-6-8-20)10-12-34-27(38)22-13-24(31)25(32)14-23(22)28(34)40-19(3)35/h4-8,13-14,18,21,28H,9-12,15-17H2,1-3H3,(H,36,37). The molecule has 8 nitrogen and oxygen atoms in total. The lowest BCUT2D eigenvalue weighted by Gasteiger charge is -2.34. The predicted octanol–water partition coefficient (Wildman–Crippen LogP) is 4.58. The number of ether oxygens (including phenoxy) is 1. The topological polar surface area (TPSA) is 104 Å². The summed E-state index contributed by atoms with van der Waals surface area (Å²) in [5, 5.41) is 9.85. The van der Waals surface area contributed by atoms with Crippen molar-refractivity contribution in [2.24, 2.45) is 17.3 Å². The summed E-state index contributed by atoms with van der Waals surface area (Å²) in [4.78, 5) is 54.0. The van der Waals surface area contributed by atoms with Crippen LogP contribution < -0.4 is 0 Å². The van der Waals surface area contributed by atoms with Crippen LogP contribution in [0, 0.1) is 28.9 Å². The minimum atomic E-state index is -1.25. The molecule has 1 saturated heterocycles. The molecule has 0 saturated carbocycles. The molecule has 214 valence electrons. The monoisotopic (exact) mass is 556 g/mol. The number of hydrogen-bond acceptors (Lipinski definition) is 5. The molecule has 3 unspecified atom stereocenters. The van der Waals surface area contributed by atoms with Gasteiger partial charge >= 0.3 is 11.9 Å². The minimum absolute atomic E-state index is 0.00135. The molecule has 2 aromatic rings. The third-order valence-electron chi connectivity index (χ3n) is 7.82. The van der Waals surface area contributed by atoms with E-state index < -0.39 is 47.0 Å². The number of carboxylic acid groups (broad SMARTS) is 1. The lowest BCUT2D eigenvalue weighted by Crippen LogP contribution is -2.41. The second-order valence-electron chi connectivity index (χ2n) is 11.1. The highest BCUT2D eigenvalue weighted by atomic mass is 19.2. The first-order chi connectivity index (χ1) is 18.9. The summed E-state index contributed by atoms with van der Waals surface area (Å²) >= 11 is 0. The van der Waals surface area contributed by atoms with Crippen molar-refractivity contribution in [2.45, 2.75) is 52.7 Å². The average molecular weight is 557 g/mol. The van der Waals surface area contributed by atoms with Gasteiger partial charge in [-0.05, 0) is 48.8 Å². The third-order valence-corrected chi connectivity index (χ3v) is 7.82. The van der Waals surface area contributed by atoms with E-state index in [1.54, 1.807) is 4.90 Å². The number of rotatable bonds is 11. The van der Waals surface area contributed by atoms with Crippen LogP contribution in [0.15, 0.2) is 42.5 Å². The molecule has 2 amide bonds. The van der Waals surface area contributed by atoms with Gasteiger partial charge < -0.3 is 14.7 Å². The maximum Gasteiger partial charge on any atom is 0.304 e. The zero-order valence-corrected chi connectivity index (χ0v) is 22.9. The van der Waals surface area contributed by atoms with E-state index in [0.29, 0.717) is 25.9 Å². The van der Waals surface area contributed by atoms with Crippen molar-refractivity contribution in [1.82, 2.24) is 9.80 Å². The largest absolute Gasteiger partial charge is 0.481 e. The fraction of sp³-hybridized carbons (Fsp3) is 0.467. The quantitative estimate of drug-likeness (QED) is 0.407. The van der Waals surface area contributed by atoms with Crippen molar-refractivity contribution >= 4 is 23.8 Å². The third kappa shape index (κ3) is 5.85. The number of nitrogens with zero attached hydrogens (tertiary/aromatic N) is 2. The Kier molecular flexibility index (Phi) is 8.56. The van der Waals surface area contributed by atoms with Gasteiger partial charge in [-0.25, -0.2) is 8.78 Å². The van der Waals surface area contributed by atoms with Crippen LogP contribution >= 0.6 is 0 Å². The first kappa shape index (κ1) is 29.2. The lowest BCUT2D eigenvalue weighted by molar-refractivity contribution is -0.154. The molecule has 0 aromatic heterocycles. The number of fused-ring (bicyclic) bond motifs is 1. The fourth-order valence-electron chi connectivity index (χ4n) is 6.21. The van der Waals surface area contributed by atoms with Crippen LogP contribution in [-0.2, 0) is 25.5 Å². The lowest BCUT2D eigenvalue weighted by atomic mass is 9.68. The van der Waals surface area contributed by atoms with Gasteiger partial charge in [0.05, 0.1) is 17.4 Å². The van der Waals surface area contributed by atoms with Crippen molar-refractivity contribution in [1.29, 1.82) is 0 Å². The van der Waals surface area contributed by atoms with Gasteiger partial charge in [0.2, 0.25) is 12.1 Å². The number of aliphatic carboxylic acids is 1. The van der Waals surface area contributed by atoms with Gasteiger partial charge in [0.25, 0.3) is 5.91 Å². The maximum absolute atomic E-state index is 14.1. The van der Waals surface area contributed by atoms with Crippen LogP contribution in [0.2, 0.25) is 0 Å². The number of halogens is 2. The van der Waals surface area contributed by atoms with Gasteiger partial charge in [-0.3, -0.25) is 24.1 Å². The highest BCUT2D eigenvalue weighted by molar-refractivity contribution is 5.99. The van der Waals surface area contributed by atoms with Crippen molar-refractivity contribution in [3.05, 3.63) is 70.8 Å².